The summed E-state index contributed by atoms with van der Waals surface area (Å²) < 4.78 is 22.6. The maximum atomic E-state index is 15.0. The minimum Gasteiger partial charge on any atom is -0.481 e. The van der Waals surface area contributed by atoms with E-state index in [0.29, 0.717) is 12.0 Å². The number of piperidine rings is 1. The quantitative estimate of drug-likeness (QED) is 0.0329. The van der Waals surface area contributed by atoms with Crippen LogP contribution in [0.25, 0.3) is 0 Å². The van der Waals surface area contributed by atoms with Gasteiger partial charge in [0.2, 0.25) is 5.91 Å². The van der Waals surface area contributed by atoms with Crippen molar-refractivity contribution in [3.63, 3.8) is 0 Å². The molecule has 3 rings (SSSR count). The molecule has 19 heteroatoms. The van der Waals surface area contributed by atoms with E-state index in [4.69, 9.17) is 18.9 Å². The molecule has 3 N–H and O–H groups in total. The molecule has 2 aromatic rings. The first-order chi connectivity index (χ1) is 34.1. The minimum absolute atomic E-state index is 0.00224. The van der Waals surface area contributed by atoms with Crippen LogP contribution in [0, 0.1) is 35.5 Å². The molecule has 0 aliphatic carbocycles. The molecule has 0 unspecified atom stereocenters. The number of amides is 3. The molecule has 1 saturated heterocycles. The molecule has 3 amide bonds. The fourth-order valence-corrected chi connectivity index (χ4v) is 9.55. The second-order valence-corrected chi connectivity index (χ2v) is 22.6. The number of aliphatic carboxylic acids is 1. The van der Waals surface area contributed by atoms with E-state index in [2.05, 4.69) is 20.5 Å². The van der Waals surface area contributed by atoms with Gasteiger partial charge >= 0.3 is 30.0 Å². The smallest absolute Gasteiger partial charge is 0.408 e. The summed E-state index contributed by atoms with van der Waals surface area (Å²) in [6, 6.07) is 3.83. The van der Waals surface area contributed by atoms with Gasteiger partial charge in [-0.2, -0.15) is 0 Å². The highest BCUT2D eigenvalue weighted by Gasteiger charge is 2.40. The zero-order valence-electron chi connectivity index (χ0n) is 45.6. The van der Waals surface area contributed by atoms with E-state index in [-0.39, 0.29) is 96.7 Å². The summed E-state index contributed by atoms with van der Waals surface area (Å²) in [7, 11) is 1.93. The number of aromatic nitrogens is 1. The zero-order chi connectivity index (χ0) is 54.9. The summed E-state index contributed by atoms with van der Waals surface area (Å²) in [4.78, 5) is 115. The van der Waals surface area contributed by atoms with Crippen molar-refractivity contribution in [2.75, 3.05) is 20.3 Å². The molecule has 1 aromatic carbocycles. The summed E-state index contributed by atoms with van der Waals surface area (Å²) in [5.41, 5.74) is -0.0836. The topological polar surface area (TPSA) is 237 Å². The highest BCUT2D eigenvalue weighted by molar-refractivity contribution is 7.09. The van der Waals surface area contributed by atoms with Crippen molar-refractivity contribution in [3.8, 4) is 5.75 Å². The van der Waals surface area contributed by atoms with E-state index >= 15 is 4.79 Å². The Labute approximate surface area is 436 Å². The molecule has 1 aliphatic heterocycles. The monoisotopic (exact) mass is 1040 g/mol. The summed E-state index contributed by atoms with van der Waals surface area (Å²) >= 11 is 1.08. The molecule has 1 fully saturated rings. The lowest BCUT2D eigenvalue weighted by Gasteiger charge is -2.39. The van der Waals surface area contributed by atoms with Crippen LogP contribution in [0.3, 0.4) is 0 Å². The van der Waals surface area contributed by atoms with Gasteiger partial charge in [-0.15, -0.1) is 11.3 Å². The van der Waals surface area contributed by atoms with Crippen LogP contribution in [0.5, 0.6) is 5.75 Å². The number of hydrogen-bond donors (Lipinski definition) is 3. The van der Waals surface area contributed by atoms with Crippen molar-refractivity contribution in [1.82, 2.24) is 25.4 Å². The van der Waals surface area contributed by atoms with Crippen LogP contribution in [0.2, 0.25) is 0 Å². The van der Waals surface area contributed by atoms with Gasteiger partial charge in [-0.05, 0) is 101 Å². The highest BCUT2D eigenvalue weighted by Crippen LogP contribution is 2.34. The number of alkyl carbamates (subject to hydrolysis) is 1. The number of Topliss-reactive ketones (excluding diaryl/α,β-unsaturated/α-hetero) is 1. The average Bonchev–Trinajstić information content (AvgIpc) is 3.79. The van der Waals surface area contributed by atoms with Crippen LogP contribution in [0.4, 0.5) is 4.79 Å². The highest BCUT2D eigenvalue weighted by atomic mass is 32.1. The summed E-state index contributed by atoms with van der Waals surface area (Å²) in [6.07, 6.45) is 1.88. The maximum Gasteiger partial charge on any atom is 0.408 e. The fraction of sp³-hybridized carbons (Fsp3) is 0.685. The normalized spacial score (nSPS) is 17.1. The van der Waals surface area contributed by atoms with Crippen LogP contribution in [0.1, 0.15) is 169 Å². The van der Waals surface area contributed by atoms with E-state index in [1.165, 1.54) is 24.1 Å². The van der Waals surface area contributed by atoms with Gasteiger partial charge in [-0.25, -0.2) is 14.6 Å². The van der Waals surface area contributed by atoms with Gasteiger partial charge in [0.1, 0.15) is 28.1 Å². The molecule has 0 bridgehead atoms. The van der Waals surface area contributed by atoms with Crippen molar-refractivity contribution in [2.45, 2.75) is 184 Å². The Balaban J connectivity index is 1.91. The number of nitrogens with zero attached hydrogens (tertiary/aromatic N) is 3. The number of nitrogens with one attached hydrogen (secondary N) is 2. The largest absolute Gasteiger partial charge is 0.481 e. The Bertz CT molecular complexity index is 2170. The number of carboxylic acid groups (broad SMARTS) is 1. The van der Waals surface area contributed by atoms with E-state index < -0.39 is 77.5 Å². The molecule has 1 aromatic heterocycles. The van der Waals surface area contributed by atoms with Crippen molar-refractivity contribution in [3.05, 3.63) is 45.9 Å². The number of esters is 3. The summed E-state index contributed by atoms with van der Waals surface area (Å²) in [6.45, 7) is 23.3. The van der Waals surface area contributed by atoms with Crippen LogP contribution >= 0.6 is 11.3 Å². The molecule has 408 valence electrons. The van der Waals surface area contributed by atoms with Gasteiger partial charge in [0.25, 0.3) is 5.91 Å². The van der Waals surface area contributed by atoms with Crippen LogP contribution < -0.4 is 15.4 Å². The number of ether oxygens (including phenoxy) is 4. The van der Waals surface area contributed by atoms with E-state index in [9.17, 15) is 38.7 Å². The molecule has 73 heavy (non-hydrogen) atoms. The van der Waals surface area contributed by atoms with Gasteiger partial charge in [0, 0.05) is 49.6 Å². The first-order valence-electron chi connectivity index (χ1n) is 25.8. The molecule has 8 atom stereocenters. The SMILES string of the molecule is CC[C@H](C)[C@H](CC(=O)[C@H]1CCCCN1C)C(=O)N(COC(=O)CC(C)C)[C@H](C[C@@H](OC(C)=O)c1nc(C(=O)N[C@@H](Cc2ccc(OC(=O)[C@H](NC(=O)OC(C)(C)C)C(C)C)cc2)C[C@H](C)C(=O)O)cs1)C(C)C. The molecule has 0 saturated carbocycles. The molecule has 0 spiro atoms. The third kappa shape index (κ3) is 20.4. The van der Waals surface area contributed by atoms with Gasteiger partial charge in [0.05, 0.1) is 12.0 Å². The van der Waals surface area contributed by atoms with Gasteiger partial charge in [-0.3, -0.25) is 33.7 Å². The van der Waals surface area contributed by atoms with E-state index in [1.807, 2.05) is 48.6 Å². The maximum absolute atomic E-state index is 15.0. The lowest BCUT2D eigenvalue weighted by Crippen LogP contribution is -2.50. The Hall–Kier alpha value is -5.43. The van der Waals surface area contributed by atoms with Crippen molar-refractivity contribution >= 4 is 58.9 Å². The molecule has 1 aliphatic rings. The summed E-state index contributed by atoms with van der Waals surface area (Å²) in [5.74, 6) is -5.96. The number of rotatable bonds is 27. The van der Waals surface area contributed by atoms with Crippen molar-refractivity contribution in [1.29, 1.82) is 0 Å². The zero-order valence-corrected chi connectivity index (χ0v) is 46.4. The third-order valence-electron chi connectivity index (χ3n) is 13.0. The Kier molecular flexibility index (Phi) is 24.5. The number of carbonyl (C=O) groups is 8. The number of likely N-dealkylation sites (N-methyl/N-ethyl adjacent to an activating group) is 1. The van der Waals surface area contributed by atoms with E-state index in [1.54, 1.807) is 58.9 Å². The molecular formula is C54H83N5O13S. The lowest BCUT2D eigenvalue weighted by molar-refractivity contribution is -0.162. The van der Waals surface area contributed by atoms with E-state index in [0.717, 1.165) is 37.1 Å². The molecule has 2 heterocycles. The molecular weight excluding hydrogens is 959 g/mol. The number of thiazole rings is 1. The third-order valence-corrected chi connectivity index (χ3v) is 13.9. The van der Waals surface area contributed by atoms with Crippen LogP contribution in [-0.4, -0.2) is 118 Å². The Morgan fingerprint density at radius 2 is 1.56 bits per heavy atom. The Morgan fingerprint density at radius 3 is 2.11 bits per heavy atom. The standard InChI is InChI=1S/C54H83N5O13S/c1-15-34(8)40(27-44(61)42-18-16-17-23-58(42)14)50(64)59(30-69-46(62)24-31(2)3)43(32(4)5)28-45(70-36(10)60)49-56-41(29-73-49)48(63)55-38(25-35(9)51(65)66)26-37-19-21-39(22-20-37)71-52(67)47(33(6)7)57-53(68)72-54(11,12)13/h19-22,29,31-35,38,40,42-43,45,47H,15-18,23-28,30H2,1-14H3,(H,55,63)(H,57,68)(H,65,66)/t34-,35-,38+,40-,42+,43+,45+,47+/m0/s1. The number of carbonyl (C=O) groups excluding carboxylic acids is 7. The van der Waals surface area contributed by atoms with Crippen molar-refractivity contribution < 1.29 is 62.4 Å². The number of hydrogen-bond acceptors (Lipinski definition) is 15. The number of likely N-dealkylation sites (tertiary alicyclic amines) is 1. The number of ketones is 1. The molecule has 0 radical (unpaired) electrons. The first-order valence-corrected chi connectivity index (χ1v) is 26.6. The number of benzene rings is 1. The fourth-order valence-electron chi connectivity index (χ4n) is 8.71. The predicted octanol–water partition coefficient (Wildman–Crippen LogP) is 8.55. The average molecular weight is 1040 g/mol. The second-order valence-electron chi connectivity index (χ2n) is 21.7. The van der Waals surface area contributed by atoms with Gasteiger partial charge < -0.3 is 39.6 Å². The first kappa shape index (κ1) is 61.9. The van der Waals surface area contributed by atoms with Gasteiger partial charge in [0.15, 0.2) is 18.6 Å². The predicted molar refractivity (Wildman–Crippen MR) is 276 cm³/mol. The van der Waals surface area contributed by atoms with Gasteiger partial charge in [-0.1, -0.05) is 87.3 Å². The second kappa shape index (κ2) is 28.9. The van der Waals surface area contributed by atoms with Crippen LogP contribution in [-0.2, 0) is 49.4 Å². The molecule has 18 nitrogen and oxygen atoms in total. The number of carboxylic acids is 1. The van der Waals surface area contributed by atoms with Crippen molar-refractivity contribution in [2.24, 2.45) is 35.5 Å². The van der Waals surface area contributed by atoms with Crippen LogP contribution in [0.15, 0.2) is 29.6 Å². The minimum atomic E-state index is -1.05. The lowest BCUT2D eigenvalue weighted by atomic mass is 9.82. The summed E-state index contributed by atoms with van der Waals surface area (Å²) in [5, 5.41) is 17.1. The Morgan fingerprint density at radius 1 is 0.904 bits per heavy atom.